The van der Waals surface area contributed by atoms with Crippen molar-refractivity contribution in [2.75, 3.05) is 5.75 Å². The van der Waals surface area contributed by atoms with Crippen molar-refractivity contribution in [1.82, 2.24) is 0 Å². The SMILES string of the molecule is CC(C)SCC(N)CCC(F)(F)F. The van der Waals surface area contributed by atoms with Gasteiger partial charge in [0.05, 0.1) is 0 Å². The highest BCUT2D eigenvalue weighted by atomic mass is 32.2. The largest absolute Gasteiger partial charge is 0.389 e. The van der Waals surface area contributed by atoms with E-state index in [-0.39, 0.29) is 12.5 Å². The molecule has 0 radical (unpaired) electrons. The lowest BCUT2D eigenvalue weighted by atomic mass is 10.2. The molecular formula is C8H16F3NS. The van der Waals surface area contributed by atoms with Gasteiger partial charge in [-0.3, -0.25) is 0 Å². The predicted octanol–water partition coefficient (Wildman–Crippen LogP) is 2.80. The quantitative estimate of drug-likeness (QED) is 0.763. The van der Waals surface area contributed by atoms with E-state index in [1.807, 2.05) is 13.8 Å². The van der Waals surface area contributed by atoms with Crippen LogP contribution in [0.4, 0.5) is 13.2 Å². The number of alkyl halides is 3. The van der Waals surface area contributed by atoms with Crippen LogP contribution in [0.5, 0.6) is 0 Å². The first-order chi connectivity index (χ1) is 5.81. The van der Waals surface area contributed by atoms with Gasteiger partial charge in [-0.25, -0.2) is 0 Å². The van der Waals surface area contributed by atoms with Crippen molar-refractivity contribution >= 4 is 11.8 Å². The summed E-state index contributed by atoms with van der Waals surface area (Å²) in [6, 6.07) is -0.339. The van der Waals surface area contributed by atoms with Crippen molar-refractivity contribution in [2.45, 2.75) is 44.2 Å². The van der Waals surface area contributed by atoms with E-state index in [2.05, 4.69) is 0 Å². The predicted molar refractivity (Wildman–Crippen MR) is 50.9 cm³/mol. The van der Waals surface area contributed by atoms with Crippen LogP contribution in [0.25, 0.3) is 0 Å². The van der Waals surface area contributed by atoms with Gasteiger partial charge in [0, 0.05) is 18.2 Å². The molecule has 0 amide bonds. The third kappa shape index (κ3) is 10.0. The van der Waals surface area contributed by atoms with Crippen molar-refractivity contribution in [1.29, 1.82) is 0 Å². The molecule has 13 heavy (non-hydrogen) atoms. The van der Waals surface area contributed by atoms with Crippen LogP contribution in [0, 0.1) is 0 Å². The molecule has 0 bridgehead atoms. The first-order valence-corrected chi connectivity index (χ1v) is 5.30. The Bertz CT molecular complexity index is 136. The van der Waals surface area contributed by atoms with E-state index in [1.54, 1.807) is 11.8 Å². The third-order valence-electron chi connectivity index (χ3n) is 1.44. The van der Waals surface area contributed by atoms with Crippen molar-refractivity contribution in [2.24, 2.45) is 5.73 Å². The second-order valence-corrected chi connectivity index (χ2v) is 4.91. The Morgan fingerprint density at radius 1 is 1.31 bits per heavy atom. The van der Waals surface area contributed by atoms with Crippen LogP contribution in [0.15, 0.2) is 0 Å². The Morgan fingerprint density at radius 2 is 1.85 bits per heavy atom. The Hall–Kier alpha value is 0.100. The minimum absolute atomic E-state index is 0.0310. The Kier molecular flexibility index (Phi) is 5.80. The van der Waals surface area contributed by atoms with Gasteiger partial charge in [0.15, 0.2) is 0 Å². The lowest BCUT2D eigenvalue weighted by Gasteiger charge is -2.13. The summed E-state index contributed by atoms with van der Waals surface area (Å²) < 4.78 is 35.3. The van der Waals surface area contributed by atoms with Gasteiger partial charge in [-0.2, -0.15) is 24.9 Å². The monoisotopic (exact) mass is 215 g/mol. The average molecular weight is 215 g/mol. The van der Waals surface area contributed by atoms with E-state index in [0.717, 1.165) is 0 Å². The molecule has 0 saturated heterocycles. The lowest BCUT2D eigenvalue weighted by molar-refractivity contribution is -0.136. The molecule has 1 atom stereocenters. The second kappa shape index (κ2) is 5.75. The van der Waals surface area contributed by atoms with E-state index in [9.17, 15) is 13.2 Å². The van der Waals surface area contributed by atoms with Crippen LogP contribution in [-0.2, 0) is 0 Å². The maximum Gasteiger partial charge on any atom is 0.389 e. The Labute approximate surface area is 81.3 Å². The molecule has 1 nitrogen and oxygen atoms in total. The van der Waals surface area contributed by atoms with Crippen LogP contribution in [0.2, 0.25) is 0 Å². The molecule has 0 aromatic rings. The summed E-state index contributed by atoms with van der Waals surface area (Å²) >= 11 is 1.60. The molecule has 0 aliphatic carbocycles. The van der Waals surface area contributed by atoms with Crippen LogP contribution in [0.3, 0.4) is 0 Å². The molecule has 1 unspecified atom stereocenters. The molecule has 80 valence electrons. The molecular weight excluding hydrogens is 199 g/mol. The molecule has 0 heterocycles. The molecule has 0 fully saturated rings. The summed E-state index contributed by atoms with van der Waals surface area (Å²) in [5, 5.41) is 0.428. The van der Waals surface area contributed by atoms with Crippen LogP contribution in [-0.4, -0.2) is 23.2 Å². The third-order valence-corrected chi connectivity index (χ3v) is 2.73. The number of hydrogen-bond acceptors (Lipinski definition) is 2. The number of hydrogen-bond donors (Lipinski definition) is 1. The standard InChI is InChI=1S/C8H16F3NS/c1-6(2)13-5-7(12)3-4-8(9,10)11/h6-7H,3-5,12H2,1-2H3. The van der Waals surface area contributed by atoms with Crippen LogP contribution < -0.4 is 5.73 Å². The first-order valence-electron chi connectivity index (χ1n) is 4.25. The van der Waals surface area contributed by atoms with E-state index in [1.165, 1.54) is 0 Å². The zero-order valence-electron chi connectivity index (χ0n) is 7.90. The summed E-state index contributed by atoms with van der Waals surface area (Å²) in [5.41, 5.74) is 5.51. The topological polar surface area (TPSA) is 26.0 Å². The van der Waals surface area contributed by atoms with Gasteiger partial charge in [0.2, 0.25) is 0 Å². The Balaban J connectivity index is 3.46. The highest BCUT2D eigenvalue weighted by molar-refractivity contribution is 7.99. The Morgan fingerprint density at radius 3 is 2.23 bits per heavy atom. The summed E-state index contributed by atoms with van der Waals surface area (Å²) in [6.07, 6.45) is -4.81. The summed E-state index contributed by atoms with van der Waals surface area (Å²) in [5.74, 6) is 0.605. The van der Waals surface area contributed by atoms with Crippen molar-refractivity contribution in [3.8, 4) is 0 Å². The number of rotatable bonds is 5. The van der Waals surface area contributed by atoms with Crippen molar-refractivity contribution in [3.05, 3.63) is 0 Å². The fraction of sp³-hybridized carbons (Fsp3) is 1.00. The molecule has 0 saturated carbocycles. The zero-order valence-corrected chi connectivity index (χ0v) is 8.71. The summed E-state index contributed by atoms with van der Waals surface area (Å²) in [7, 11) is 0. The molecule has 0 aromatic heterocycles. The van der Waals surface area contributed by atoms with Crippen LogP contribution in [0.1, 0.15) is 26.7 Å². The van der Waals surface area contributed by atoms with Gasteiger partial charge < -0.3 is 5.73 Å². The number of nitrogens with two attached hydrogens (primary N) is 1. The summed E-state index contributed by atoms with van der Waals surface area (Å²) in [6.45, 7) is 4.00. The summed E-state index contributed by atoms with van der Waals surface area (Å²) in [4.78, 5) is 0. The van der Waals surface area contributed by atoms with Gasteiger partial charge in [0.1, 0.15) is 0 Å². The minimum atomic E-state index is -4.07. The molecule has 0 rings (SSSR count). The minimum Gasteiger partial charge on any atom is -0.327 e. The maximum absolute atomic E-state index is 11.8. The highest BCUT2D eigenvalue weighted by Gasteiger charge is 2.27. The van der Waals surface area contributed by atoms with Gasteiger partial charge >= 0.3 is 6.18 Å². The molecule has 0 aliphatic heterocycles. The van der Waals surface area contributed by atoms with Crippen molar-refractivity contribution < 1.29 is 13.2 Å². The smallest absolute Gasteiger partial charge is 0.327 e. The highest BCUT2D eigenvalue weighted by Crippen LogP contribution is 2.23. The van der Waals surface area contributed by atoms with E-state index >= 15 is 0 Å². The van der Waals surface area contributed by atoms with Crippen molar-refractivity contribution in [3.63, 3.8) is 0 Å². The maximum atomic E-state index is 11.8. The van der Waals surface area contributed by atoms with Gasteiger partial charge in [-0.1, -0.05) is 13.8 Å². The average Bonchev–Trinajstić information content (AvgIpc) is 1.95. The number of halogens is 3. The van der Waals surface area contributed by atoms with E-state index < -0.39 is 12.6 Å². The van der Waals surface area contributed by atoms with Crippen LogP contribution >= 0.6 is 11.8 Å². The molecule has 0 aromatic carbocycles. The van der Waals surface area contributed by atoms with Gasteiger partial charge in [-0.05, 0) is 11.7 Å². The zero-order chi connectivity index (χ0) is 10.5. The first kappa shape index (κ1) is 13.1. The number of thioether (sulfide) groups is 1. The van der Waals surface area contributed by atoms with E-state index in [0.29, 0.717) is 11.0 Å². The molecule has 5 heteroatoms. The normalized spacial score (nSPS) is 15.0. The molecule has 2 N–H and O–H groups in total. The van der Waals surface area contributed by atoms with E-state index in [4.69, 9.17) is 5.73 Å². The fourth-order valence-corrected chi connectivity index (χ4v) is 1.55. The van der Waals surface area contributed by atoms with Gasteiger partial charge in [0.25, 0.3) is 0 Å². The van der Waals surface area contributed by atoms with Gasteiger partial charge in [-0.15, -0.1) is 0 Å². The molecule has 0 spiro atoms. The lowest BCUT2D eigenvalue weighted by Crippen LogP contribution is -2.26. The molecule has 0 aliphatic rings. The second-order valence-electron chi connectivity index (χ2n) is 3.30. The fourth-order valence-electron chi connectivity index (χ4n) is 0.748.